The summed E-state index contributed by atoms with van der Waals surface area (Å²) < 4.78 is 38.4. The molecule has 0 bridgehead atoms. The molecule has 2 aromatic rings. The van der Waals surface area contributed by atoms with E-state index < -0.39 is 29.4 Å². The number of anilines is 1. The average Bonchev–Trinajstić information content (AvgIpc) is 2.60. The Morgan fingerprint density at radius 1 is 1.00 bits per heavy atom. The molecule has 1 unspecified atom stereocenters. The first-order valence-electron chi connectivity index (χ1n) is 8.19. The Labute approximate surface area is 159 Å². The van der Waals surface area contributed by atoms with Gasteiger partial charge < -0.3 is 10.6 Å². The van der Waals surface area contributed by atoms with E-state index >= 15 is 0 Å². The molecule has 2 amide bonds. The van der Waals surface area contributed by atoms with Crippen molar-refractivity contribution in [2.24, 2.45) is 5.92 Å². The molecule has 0 aliphatic rings. The van der Waals surface area contributed by atoms with Gasteiger partial charge in [-0.05, 0) is 42.3 Å². The van der Waals surface area contributed by atoms with Crippen LogP contribution in [0.2, 0.25) is 0 Å². The van der Waals surface area contributed by atoms with Crippen molar-refractivity contribution in [2.75, 3.05) is 5.32 Å². The lowest BCUT2D eigenvalue weighted by Crippen LogP contribution is -2.47. The highest BCUT2D eigenvalue weighted by Gasteiger charge is 2.25. The lowest BCUT2D eigenvalue weighted by molar-refractivity contribution is -0.118. The monoisotopic (exact) mass is 396 g/mol. The molecule has 0 heterocycles. The molecular formula is C19H19F3N2O2S. The van der Waals surface area contributed by atoms with E-state index in [-0.39, 0.29) is 11.5 Å². The number of rotatable bonds is 7. The highest BCUT2D eigenvalue weighted by molar-refractivity contribution is 7.99. The fourth-order valence-corrected chi connectivity index (χ4v) is 2.84. The van der Waals surface area contributed by atoms with E-state index in [1.807, 2.05) is 0 Å². The molecule has 0 aliphatic carbocycles. The molecular weight excluding hydrogens is 377 g/mol. The van der Waals surface area contributed by atoms with Crippen molar-refractivity contribution in [3.8, 4) is 0 Å². The number of thioether (sulfide) groups is 1. The van der Waals surface area contributed by atoms with Crippen LogP contribution in [-0.2, 0) is 4.79 Å². The number of hydrogen-bond donors (Lipinski definition) is 2. The minimum absolute atomic E-state index is 0.149. The zero-order valence-corrected chi connectivity index (χ0v) is 15.5. The molecule has 2 rings (SSSR count). The van der Waals surface area contributed by atoms with Gasteiger partial charge in [-0.3, -0.25) is 9.59 Å². The van der Waals surface area contributed by atoms with Crippen LogP contribution in [0.5, 0.6) is 0 Å². The zero-order valence-electron chi connectivity index (χ0n) is 14.7. The number of carbonyl (C=O) groups is 2. The summed E-state index contributed by atoms with van der Waals surface area (Å²) in [4.78, 5) is 25.2. The van der Waals surface area contributed by atoms with E-state index in [0.717, 1.165) is 0 Å². The zero-order chi connectivity index (χ0) is 20.0. The van der Waals surface area contributed by atoms with E-state index in [0.29, 0.717) is 22.3 Å². The Hall–Kier alpha value is -2.48. The van der Waals surface area contributed by atoms with E-state index in [1.165, 1.54) is 48.5 Å². The summed E-state index contributed by atoms with van der Waals surface area (Å²) in [5.41, 5.74) is 0.258. The van der Waals surface area contributed by atoms with E-state index in [2.05, 4.69) is 10.6 Å². The second-order valence-corrected chi connectivity index (χ2v) is 7.13. The van der Waals surface area contributed by atoms with Crippen molar-refractivity contribution in [3.63, 3.8) is 0 Å². The Morgan fingerprint density at radius 2 is 1.63 bits per heavy atom. The van der Waals surface area contributed by atoms with Crippen molar-refractivity contribution in [2.45, 2.75) is 30.5 Å². The molecule has 4 nitrogen and oxygen atoms in total. The van der Waals surface area contributed by atoms with Crippen LogP contribution < -0.4 is 10.6 Å². The molecule has 144 valence electrons. The molecule has 8 heteroatoms. The molecule has 1 atom stereocenters. The van der Waals surface area contributed by atoms with Crippen molar-refractivity contribution >= 4 is 29.3 Å². The van der Waals surface area contributed by atoms with Gasteiger partial charge in [-0.1, -0.05) is 37.7 Å². The number of benzene rings is 2. The summed E-state index contributed by atoms with van der Waals surface area (Å²) in [5, 5.41) is 5.17. The van der Waals surface area contributed by atoms with Crippen molar-refractivity contribution < 1.29 is 22.8 Å². The number of nitrogens with one attached hydrogen (secondary N) is 2. The van der Waals surface area contributed by atoms with Crippen LogP contribution in [0.3, 0.4) is 0 Å². The first kappa shape index (κ1) is 20.8. The number of halogens is 3. The van der Waals surface area contributed by atoms with Gasteiger partial charge >= 0.3 is 0 Å². The third kappa shape index (κ3) is 6.02. The van der Waals surface area contributed by atoms with Crippen molar-refractivity contribution in [1.29, 1.82) is 0 Å². The Bertz CT molecular complexity index is 798. The third-order valence-corrected chi connectivity index (χ3v) is 4.42. The van der Waals surface area contributed by atoms with Gasteiger partial charge in [0.15, 0.2) is 0 Å². The predicted molar refractivity (Wildman–Crippen MR) is 99.4 cm³/mol. The highest BCUT2D eigenvalue weighted by Crippen LogP contribution is 2.26. The molecule has 0 saturated carbocycles. The average molecular weight is 396 g/mol. The van der Waals surface area contributed by atoms with Gasteiger partial charge in [-0.2, -0.15) is 8.78 Å². The summed E-state index contributed by atoms with van der Waals surface area (Å²) in [6.07, 6.45) is 0. The van der Waals surface area contributed by atoms with Crippen LogP contribution in [0, 0.1) is 11.7 Å². The van der Waals surface area contributed by atoms with Gasteiger partial charge in [-0.15, -0.1) is 0 Å². The van der Waals surface area contributed by atoms with Gasteiger partial charge in [0.05, 0.1) is 5.56 Å². The summed E-state index contributed by atoms with van der Waals surface area (Å²) >= 11 is 0.406. The summed E-state index contributed by atoms with van der Waals surface area (Å²) in [5.74, 6) is -4.63. The fourth-order valence-electron chi connectivity index (χ4n) is 2.34. The summed E-state index contributed by atoms with van der Waals surface area (Å²) in [7, 11) is 0. The van der Waals surface area contributed by atoms with Gasteiger partial charge in [0, 0.05) is 10.6 Å². The molecule has 2 aromatic carbocycles. The third-order valence-electron chi connectivity index (χ3n) is 3.70. The van der Waals surface area contributed by atoms with Crippen LogP contribution in [0.1, 0.15) is 24.2 Å². The van der Waals surface area contributed by atoms with Gasteiger partial charge in [0.25, 0.3) is 11.7 Å². The molecule has 0 aliphatic heterocycles. The number of carbonyl (C=O) groups excluding carboxylic acids is 2. The topological polar surface area (TPSA) is 58.2 Å². The lowest BCUT2D eigenvalue weighted by atomic mass is 10.0. The molecule has 27 heavy (non-hydrogen) atoms. The first-order chi connectivity index (χ1) is 12.8. The van der Waals surface area contributed by atoms with E-state index in [4.69, 9.17) is 0 Å². The smallest absolute Gasteiger partial charge is 0.288 e. The highest BCUT2D eigenvalue weighted by atomic mass is 32.2. The maximum absolute atomic E-state index is 13.8. The molecule has 0 spiro atoms. The molecule has 0 aromatic heterocycles. The quantitative estimate of drug-likeness (QED) is 0.676. The molecule has 0 fully saturated rings. The summed E-state index contributed by atoms with van der Waals surface area (Å²) in [6, 6.07) is 10.5. The number of alkyl halides is 2. The van der Waals surface area contributed by atoms with Crippen molar-refractivity contribution in [1.82, 2.24) is 5.32 Å². The number of hydrogen-bond acceptors (Lipinski definition) is 3. The number of amides is 2. The molecule has 0 radical (unpaired) electrons. The molecule has 0 saturated heterocycles. The normalized spacial score (nSPS) is 12.1. The second-order valence-electron chi connectivity index (χ2n) is 6.07. The van der Waals surface area contributed by atoms with Crippen molar-refractivity contribution in [3.05, 3.63) is 59.9 Å². The lowest BCUT2D eigenvalue weighted by Gasteiger charge is -2.22. The van der Waals surface area contributed by atoms with Gasteiger partial charge in [0.1, 0.15) is 11.9 Å². The Kier molecular flexibility index (Phi) is 7.29. The Morgan fingerprint density at radius 3 is 2.19 bits per heavy atom. The van der Waals surface area contributed by atoms with E-state index in [1.54, 1.807) is 13.8 Å². The standard InChI is InChI=1S/C19H19F3N2O2S/c1-11(2)16(24-17(25)14-5-3-4-6-15(14)20)18(26)23-12-7-9-13(10-8-12)27-19(21)22/h3-11,16,19H,1-2H3,(H,23,26)(H,24,25). The summed E-state index contributed by atoms with van der Waals surface area (Å²) in [6.45, 7) is 3.49. The van der Waals surface area contributed by atoms with E-state index in [9.17, 15) is 22.8 Å². The first-order valence-corrected chi connectivity index (χ1v) is 9.07. The van der Waals surface area contributed by atoms with Crippen LogP contribution in [-0.4, -0.2) is 23.6 Å². The minimum Gasteiger partial charge on any atom is -0.340 e. The largest absolute Gasteiger partial charge is 0.340 e. The predicted octanol–water partition coefficient (Wildman–Crippen LogP) is 4.53. The maximum Gasteiger partial charge on any atom is 0.288 e. The van der Waals surface area contributed by atoms with Crippen LogP contribution in [0.15, 0.2) is 53.4 Å². The minimum atomic E-state index is -2.52. The van der Waals surface area contributed by atoms with Crippen LogP contribution in [0.25, 0.3) is 0 Å². The SMILES string of the molecule is CC(C)C(NC(=O)c1ccccc1F)C(=O)Nc1ccc(SC(F)F)cc1. The maximum atomic E-state index is 13.8. The van der Waals surface area contributed by atoms with Gasteiger partial charge in [-0.25, -0.2) is 4.39 Å². The van der Waals surface area contributed by atoms with Crippen LogP contribution in [0.4, 0.5) is 18.9 Å². The van der Waals surface area contributed by atoms with Gasteiger partial charge in [0.2, 0.25) is 5.91 Å². The fraction of sp³-hybridized carbons (Fsp3) is 0.263. The van der Waals surface area contributed by atoms with Crippen LogP contribution >= 0.6 is 11.8 Å². The Balaban J connectivity index is 2.06. The molecule has 2 N–H and O–H groups in total. The second kappa shape index (κ2) is 9.45.